The standard InChI is InChI=1S/C48H29N3S/c1-5-15-40-34(11-1)35-12-2-6-16-41(35)50(40)32-25-28-44-39(29-32)37-14-4-7-17-42(37)49(44)31-23-21-30(22-24-31)33-26-27-38-36-13-3-8-18-43(36)51-45-19-9-10-20-46(45)52-48(33)47(38)51/h1-29H. The molecule has 0 aliphatic carbocycles. The number of fused-ring (bicyclic) bond motifs is 11. The lowest BCUT2D eigenvalue weighted by Gasteiger charge is -2.22. The van der Waals surface area contributed by atoms with Crippen molar-refractivity contribution in [3.05, 3.63) is 176 Å². The Hall–Kier alpha value is -6.49. The molecule has 0 fully saturated rings. The van der Waals surface area contributed by atoms with Crippen LogP contribution in [0.4, 0.5) is 0 Å². The molecule has 242 valence electrons. The van der Waals surface area contributed by atoms with Gasteiger partial charge in [0.1, 0.15) is 0 Å². The van der Waals surface area contributed by atoms with Crippen LogP contribution in [0.3, 0.4) is 0 Å². The van der Waals surface area contributed by atoms with Gasteiger partial charge in [-0.2, -0.15) is 0 Å². The summed E-state index contributed by atoms with van der Waals surface area (Å²) in [5, 5.41) is 7.65. The summed E-state index contributed by atoms with van der Waals surface area (Å²) in [6, 6.07) is 64.6. The lowest BCUT2D eigenvalue weighted by molar-refractivity contribution is 1.09. The van der Waals surface area contributed by atoms with Crippen molar-refractivity contribution in [3.8, 4) is 28.2 Å². The summed E-state index contributed by atoms with van der Waals surface area (Å²) in [4.78, 5) is 2.60. The molecule has 8 aromatic carbocycles. The fraction of sp³-hybridized carbons (Fsp3) is 0. The average molecular weight is 680 g/mol. The molecule has 0 N–H and O–H groups in total. The van der Waals surface area contributed by atoms with E-state index in [1.807, 2.05) is 11.8 Å². The fourth-order valence-electron chi connectivity index (χ4n) is 8.82. The maximum Gasteiger partial charge on any atom is 0.0687 e. The molecular weight excluding hydrogens is 651 g/mol. The quantitative estimate of drug-likeness (QED) is 0.181. The van der Waals surface area contributed by atoms with Gasteiger partial charge in [0.15, 0.2) is 0 Å². The first-order valence-corrected chi connectivity index (χ1v) is 18.6. The van der Waals surface area contributed by atoms with Gasteiger partial charge in [0.05, 0.1) is 38.8 Å². The molecule has 4 heterocycles. The Morgan fingerprint density at radius 1 is 0.346 bits per heavy atom. The Morgan fingerprint density at radius 3 is 1.52 bits per heavy atom. The molecule has 0 atom stereocenters. The van der Waals surface area contributed by atoms with Crippen LogP contribution in [0, 0.1) is 0 Å². The van der Waals surface area contributed by atoms with Crippen LogP contribution in [0.15, 0.2) is 186 Å². The number of hydrogen-bond acceptors (Lipinski definition) is 1. The molecule has 3 aromatic heterocycles. The first-order valence-electron chi connectivity index (χ1n) is 17.8. The van der Waals surface area contributed by atoms with E-state index in [9.17, 15) is 0 Å². The van der Waals surface area contributed by atoms with Gasteiger partial charge in [-0.3, -0.25) is 0 Å². The van der Waals surface area contributed by atoms with Gasteiger partial charge in [-0.05, 0) is 77.9 Å². The van der Waals surface area contributed by atoms with E-state index in [1.165, 1.54) is 97.7 Å². The van der Waals surface area contributed by atoms with Crippen molar-refractivity contribution in [2.24, 2.45) is 0 Å². The van der Waals surface area contributed by atoms with Gasteiger partial charge in [0.2, 0.25) is 0 Å². The molecule has 52 heavy (non-hydrogen) atoms. The highest BCUT2D eigenvalue weighted by Gasteiger charge is 2.25. The third-order valence-corrected chi connectivity index (χ3v) is 12.2. The third kappa shape index (κ3) is 3.77. The van der Waals surface area contributed by atoms with Crippen LogP contribution in [-0.4, -0.2) is 13.7 Å². The van der Waals surface area contributed by atoms with E-state index in [-0.39, 0.29) is 0 Å². The van der Waals surface area contributed by atoms with E-state index in [1.54, 1.807) is 0 Å². The van der Waals surface area contributed by atoms with E-state index in [4.69, 9.17) is 0 Å². The summed E-state index contributed by atoms with van der Waals surface area (Å²) in [5.41, 5.74) is 13.5. The molecule has 0 radical (unpaired) electrons. The van der Waals surface area contributed by atoms with Crippen LogP contribution < -0.4 is 0 Å². The van der Waals surface area contributed by atoms with Crippen LogP contribution >= 0.6 is 11.8 Å². The summed E-state index contributed by atoms with van der Waals surface area (Å²) in [6.07, 6.45) is 0. The lowest BCUT2D eigenvalue weighted by atomic mass is 10.0. The van der Waals surface area contributed by atoms with Crippen molar-refractivity contribution < 1.29 is 0 Å². The lowest BCUT2D eigenvalue weighted by Crippen LogP contribution is -2.02. The second-order valence-electron chi connectivity index (χ2n) is 13.7. The van der Waals surface area contributed by atoms with Crippen LogP contribution in [0.5, 0.6) is 0 Å². The summed E-state index contributed by atoms with van der Waals surface area (Å²) in [6.45, 7) is 0. The van der Waals surface area contributed by atoms with E-state index in [2.05, 4.69) is 190 Å². The molecular formula is C48H29N3S. The number of benzene rings is 8. The van der Waals surface area contributed by atoms with Crippen molar-refractivity contribution in [2.45, 2.75) is 9.79 Å². The summed E-state index contributed by atoms with van der Waals surface area (Å²) in [7, 11) is 0. The van der Waals surface area contributed by atoms with Crippen molar-refractivity contribution in [1.82, 2.24) is 13.7 Å². The van der Waals surface area contributed by atoms with Gasteiger partial charge < -0.3 is 13.7 Å². The molecule has 0 saturated heterocycles. The predicted octanol–water partition coefficient (Wildman–Crippen LogP) is 13.1. The monoisotopic (exact) mass is 679 g/mol. The van der Waals surface area contributed by atoms with E-state index < -0.39 is 0 Å². The summed E-state index contributed by atoms with van der Waals surface area (Å²) >= 11 is 1.89. The van der Waals surface area contributed by atoms with Crippen LogP contribution in [0.25, 0.3) is 93.6 Å². The molecule has 12 rings (SSSR count). The minimum atomic E-state index is 1.15. The molecule has 1 aliphatic heterocycles. The van der Waals surface area contributed by atoms with Crippen molar-refractivity contribution >= 4 is 77.2 Å². The number of hydrogen-bond donors (Lipinski definition) is 0. The molecule has 1 aliphatic rings. The highest BCUT2D eigenvalue weighted by atomic mass is 32.2. The average Bonchev–Trinajstić information content (AvgIpc) is 3.85. The highest BCUT2D eigenvalue weighted by Crippen LogP contribution is 2.50. The van der Waals surface area contributed by atoms with Crippen LogP contribution in [0.1, 0.15) is 0 Å². The molecule has 0 bridgehead atoms. The topological polar surface area (TPSA) is 14.8 Å². The summed E-state index contributed by atoms with van der Waals surface area (Å²) < 4.78 is 7.29. The molecule has 0 spiro atoms. The smallest absolute Gasteiger partial charge is 0.0687 e. The van der Waals surface area contributed by atoms with Crippen molar-refractivity contribution in [1.29, 1.82) is 0 Å². The molecule has 11 aromatic rings. The van der Waals surface area contributed by atoms with Gasteiger partial charge in [0.25, 0.3) is 0 Å². The number of aromatic nitrogens is 3. The van der Waals surface area contributed by atoms with E-state index in [0.29, 0.717) is 0 Å². The molecule has 4 heteroatoms. The Bertz CT molecular complexity index is 3210. The van der Waals surface area contributed by atoms with E-state index in [0.717, 1.165) is 5.69 Å². The number of para-hydroxylation sites is 5. The number of rotatable bonds is 3. The van der Waals surface area contributed by atoms with Crippen LogP contribution in [-0.2, 0) is 0 Å². The van der Waals surface area contributed by atoms with Crippen molar-refractivity contribution in [2.75, 3.05) is 0 Å². The van der Waals surface area contributed by atoms with Gasteiger partial charge in [-0.1, -0.05) is 121 Å². The Balaban J connectivity index is 1.02. The van der Waals surface area contributed by atoms with Crippen molar-refractivity contribution in [3.63, 3.8) is 0 Å². The Labute approximate surface area is 303 Å². The first-order chi connectivity index (χ1) is 25.8. The Kier molecular flexibility index (Phi) is 5.71. The maximum atomic E-state index is 2.47. The molecule has 0 unspecified atom stereocenters. The van der Waals surface area contributed by atoms with Gasteiger partial charge in [-0.25, -0.2) is 0 Å². The van der Waals surface area contributed by atoms with E-state index >= 15 is 0 Å². The normalized spacial score (nSPS) is 12.5. The second-order valence-corrected chi connectivity index (χ2v) is 14.8. The minimum absolute atomic E-state index is 1.15. The molecule has 0 amide bonds. The van der Waals surface area contributed by atoms with Gasteiger partial charge >= 0.3 is 0 Å². The Morgan fingerprint density at radius 2 is 0.846 bits per heavy atom. The zero-order chi connectivity index (χ0) is 33.9. The third-order valence-electron chi connectivity index (χ3n) is 11.0. The van der Waals surface area contributed by atoms with Crippen LogP contribution in [0.2, 0.25) is 0 Å². The largest absolute Gasteiger partial charge is 0.309 e. The van der Waals surface area contributed by atoms with Gasteiger partial charge in [0, 0.05) is 53.5 Å². The summed E-state index contributed by atoms with van der Waals surface area (Å²) in [5.74, 6) is 0. The number of nitrogens with zero attached hydrogens (tertiary/aromatic N) is 3. The second kappa shape index (κ2) is 10.5. The minimum Gasteiger partial charge on any atom is -0.309 e. The highest BCUT2D eigenvalue weighted by molar-refractivity contribution is 8.00. The fourth-order valence-corrected chi connectivity index (χ4v) is 10.0. The molecule has 3 nitrogen and oxygen atoms in total. The first kappa shape index (κ1) is 28.2. The predicted molar refractivity (Wildman–Crippen MR) is 219 cm³/mol. The van der Waals surface area contributed by atoms with Gasteiger partial charge in [-0.15, -0.1) is 0 Å². The SMILES string of the molecule is c1ccc2c(c1)Sc1c(-c3ccc(-n4c5ccccc5c5cc(-n6c7ccccc7c7ccccc76)ccc54)cc3)ccc3c4ccccc4n-2c13. The zero-order valence-corrected chi connectivity index (χ0v) is 28.8. The zero-order valence-electron chi connectivity index (χ0n) is 28.0. The maximum absolute atomic E-state index is 2.47. The molecule has 0 saturated carbocycles.